The summed E-state index contributed by atoms with van der Waals surface area (Å²) in [6, 6.07) is -0.235. The molecule has 2 saturated heterocycles. The third kappa shape index (κ3) is 4.15. The first kappa shape index (κ1) is 15.7. The Hall–Kier alpha value is -0.690. The minimum atomic E-state index is -0.903. The van der Waals surface area contributed by atoms with E-state index in [0.29, 0.717) is 32.8 Å². The highest BCUT2D eigenvalue weighted by molar-refractivity contribution is 5.82. The average Bonchev–Trinajstić information content (AvgIpc) is 2.90. The highest BCUT2D eigenvalue weighted by atomic mass is 16.5. The van der Waals surface area contributed by atoms with Crippen LogP contribution in [0.2, 0.25) is 0 Å². The van der Waals surface area contributed by atoms with Crippen LogP contribution in [0.1, 0.15) is 26.2 Å². The molecule has 0 radical (unpaired) electrons. The molecule has 0 unspecified atom stereocenters. The van der Waals surface area contributed by atoms with Gasteiger partial charge in [-0.15, -0.1) is 0 Å². The number of rotatable bonds is 6. The quantitative estimate of drug-likeness (QED) is 0.705. The van der Waals surface area contributed by atoms with E-state index in [4.69, 9.17) is 9.47 Å². The maximum absolute atomic E-state index is 12.3. The molecule has 2 rings (SSSR count). The van der Waals surface area contributed by atoms with Gasteiger partial charge in [-0.1, -0.05) is 13.3 Å². The van der Waals surface area contributed by atoms with Gasteiger partial charge < -0.3 is 19.9 Å². The van der Waals surface area contributed by atoms with E-state index < -0.39 is 5.60 Å². The van der Waals surface area contributed by atoms with Crippen LogP contribution in [0.25, 0.3) is 0 Å². The van der Waals surface area contributed by atoms with Gasteiger partial charge in [-0.05, 0) is 13.0 Å². The van der Waals surface area contributed by atoms with Crippen molar-refractivity contribution in [3.05, 3.63) is 0 Å². The number of hydrogen-bond acceptors (Lipinski definition) is 5. The summed E-state index contributed by atoms with van der Waals surface area (Å²) in [7, 11) is 0. The molecule has 2 fully saturated rings. The molecule has 0 spiro atoms. The SMILES string of the molecule is CCCCN1CCOC[C@@H]1C(=O)NC[C@]1(O)CCOC1. The summed E-state index contributed by atoms with van der Waals surface area (Å²) in [6.45, 7) is 6.09. The molecule has 116 valence electrons. The zero-order valence-electron chi connectivity index (χ0n) is 12.3. The molecule has 2 N–H and O–H groups in total. The van der Waals surface area contributed by atoms with E-state index >= 15 is 0 Å². The van der Waals surface area contributed by atoms with Gasteiger partial charge in [0.2, 0.25) is 5.91 Å². The first-order valence-corrected chi connectivity index (χ1v) is 7.54. The number of hydrogen-bond donors (Lipinski definition) is 2. The smallest absolute Gasteiger partial charge is 0.239 e. The fourth-order valence-corrected chi connectivity index (χ4v) is 2.61. The van der Waals surface area contributed by atoms with Gasteiger partial charge in [-0.2, -0.15) is 0 Å². The molecule has 1 amide bonds. The predicted octanol–water partition coefficient (Wildman–Crippen LogP) is -0.245. The number of carbonyl (C=O) groups is 1. The Bertz CT molecular complexity index is 318. The average molecular weight is 286 g/mol. The van der Waals surface area contributed by atoms with Crippen molar-refractivity contribution < 1.29 is 19.4 Å². The molecule has 0 aliphatic carbocycles. The van der Waals surface area contributed by atoms with Crippen LogP contribution in [-0.4, -0.2) is 73.6 Å². The zero-order chi connectivity index (χ0) is 14.4. The standard InChI is InChI=1S/C14H26N2O4/c1-2-3-5-16-6-8-19-9-12(16)13(17)15-10-14(18)4-7-20-11-14/h12,18H,2-11H2,1H3,(H,15,17)/t12-,14-/m1/s1. The van der Waals surface area contributed by atoms with E-state index in [0.717, 1.165) is 25.9 Å². The third-order valence-corrected chi connectivity index (χ3v) is 4.02. The summed E-state index contributed by atoms with van der Waals surface area (Å²) < 4.78 is 10.6. The van der Waals surface area contributed by atoms with E-state index in [1.807, 2.05) is 0 Å². The first-order valence-electron chi connectivity index (χ1n) is 7.54. The highest BCUT2D eigenvalue weighted by Gasteiger charge is 2.35. The van der Waals surface area contributed by atoms with E-state index in [1.54, 1.807) is 0 Å². The van der Waals surface area contributed by atoms with Crippen LogP contribution < -0.4 is 5.32 Å². The maximum Gasteiger partial charge on any atom is 0.239 e. The Balaban J connectivity index is 1.82. The lowest BCUT2D eigenvalue weighted by Gasteiger charge is -2.35. The normalized spacial score (nSPS) is 31.4. The number of morpholine rings is 1. The van der Waals surface area contributed by atoms with E-state index in [-0.39, 0.29) is 18.5 Å². The molecule has 2 atom stereocenters. The largest absolute Gasteiger partial charge is 0.386 e. The molecule has 0 bridgehead atoms. The van der Waals surface area contributed by atoms with E-state index in [9.17, 15) is 9.90 Å². The van der Waals surface area contributed by atoms with Crippen molar-refractivity contribution >= 4 is 5.91 Å². The molecule has 2 heterocycles. The Morgan fingerprint density at radius 2 is 2.30 bits per heavy atom. The first-order chi connectivity index (χ1) is 9.64. The van der Waals surface area contributed by atoms with Gasteiger partial charge >= 0.3 is 0 Å². The summed E-state index contributed by atoms with van der Waals surface area (Å²) in [5.41, 5.74) is -0.903. The summed E-state index contributed by atoms with van der Waals surface area (Å²) in [4.78, 5) is 14.5. The maximum atomic E-state index is 12.3. The van der Waals surface area contributed by atoms with Gasteiger partial charge in [-0.25, -0.2) is 0 Å². The van der Waals surface area contributed by atoms with Crippen molar-refractivity contribution in [3.8, 4) is 0 Å². The molecule has 2 aliphatic heterocycles. The number of nitrogens with one attached hydrogen (secondary N) is 1. The fraction of sp³-hybridized carbons (Fsp3) is 0.929. The van der Waals surface area contributed by atoms with Crippen LogP contribution in [0.4, 0.5) is 0 Å². The van der Waals surface area contributed by atoms with Gasteiger partial charge in [0, 0.05) is 26.1 Å². The molecule has 0 aromatic carbocycles. The Morgan fingerprint density at radius 1 is 1.45 bits per heavy atom. The summed E-state index contributed by atoms with van der Waals surface area (Å²) in [6.07, 6.45) is 2.78. The van der Waals surface area contributed by atoms with Crippen LogP contribution in [0.15, 0.2) is 0 Å². The number of carbonyl (C=O) groups excluding carboxylic acids is 1. The lowest BCUT2D eigenvalue weighted by atomic mass is 10.0. The number of ether oxygens (including phenoxy) is 2. The number of unbranched alkanes of at least 4 members (excludes halogenated alkanes) is 1. The van der Waals surface area contributed by atoms with Gasteiger partial charge in [0.1, 0.15) is 11.6 Å². The van der Waals surface area contributed by atoms with Crippen LogP contribution in [0.5, 0.6) is 0 Å². The van der Waals surface area contributed by atoms with Crippen molar-refractivity contribution in [1.82, 2.24) is 10.2 Å². The van der Waals surface area contributed by atoms with Gasteiger partial charge in [0.05, 0.1) is 19.8 Å². The van der Waals surface area contributed by atoms with Gasteiger partial charge in [-0.3, -0.25) is 9.69 Å². The van der Waals surface area contributed by atoms with Crippen molar-refractivity contribution in [2.45, 2.75) is 37.8 Å². The summed E-state index contributed by atoms with van der Waals surface area (Å²) in [5.74, 6) is -0.0545. The number of aliphatic hydroxyl groups is 1. The van der Waals surface area contributed by atoms with E-state index in [2.05, 4.69) is 17.1 Å². The second-order valence-corrected chi connectivity index (χ2v) is 5.72. The van der Waals surface area contributed by atoms with Crippen molar-refractivity contribution in [2.75, 3.05) is 46.1 Å². The van der Waals surface area contributed by atoms with E-state index in [1.165, 1.54) is 0 Å². The molecule has 0 aromatic heterocycles. The van der Waals surface area contributed by atoms with Crippen LogP contribution in [0, 0.1) is 0 Å². The van der Waals surface area contributed by atoms with Gasteiger partial charge in [0.15, 0.2) is 0 Å². The van der Waals surface area contributed by atoms with Crippen molar-refractivity contribution in [1.29, 1.82) is 0 Å². The van der Waals surface area contributed by atoms with Crippen LogP contribution >= 0.6 is 0 Å². The Kier molecular flexibility index (Phi) is 5.77. The molecule has 2 aliphatic rings. The lowest BCUT2D eigenvalue weighted by molar-refractivity contribution is -0.133. The molecule has 0 aromatic rings. The summed E-state index contributed by atoms with van der Waals surface area (Å²) in [5, 5.41) is 13.0. The second-order valence-electron chi connectivity index (χ2n) is 5.72. The lowest BCUT2D eigenvalue weighted by Crippen LogP contribution is -2.56. The number of nitrogens with zero attached hydrogens (tertiary/aromatic N) is 1. The monoisotopic (exact) mass is 286 g/mol. The molecule has 6 nitrogen and oxygen atoms in total. The molecule has 20 heavy (non-hydrogen) atoms. The Labute approximate surface area is 120 Å². The minimum absolute atomic E-state index is 0.0545. The predicted molar refractivity (Wildman–Crippen MR) is 74.5 cm³/mol. The van der Waals surface area contributed by atoms with Gasteiger partial charge in [0.25, 0.3) is 0 Å². The topological polar surface area (TPSA) is 71.0 Å². The minimum Gasteiger partial charge on any atom is -0.386 e. The molecule has 6 heteroatoms. The molecule has 0 saturated carbocycles. The Morgan fingerprint density at radius 3 is 3.00 bits per heavy atom. The fourth-order valence-electron chi connectivity index (χ4n) is 2.61. The molecular weight excluding hydrogens is 260 g/mol. The third-order valence-electron chi connectivity index (χ3n) is 4.02. The van der Waals surface area contributed by atoms with Crippen LogP contribution in [-0.2, 0) is 14.3 Å². The second kappa shape index (κ2) is 7.36. The zero-order valence-corrected chi connectivity index (χ0v) is 12.3. The number of amides is 1. The van der Waals surface area contributed by atoms with Crippen molar-refractivity contribution in [2.24, 2.45) is 0 Å². The highest BCUT2D eigenvalue weighted by Crippen LogP contribution is 2.17. The molecular formula is C14H26N2O4. The van der Waals surface area contributed by atoms with Crippen molar-refractivity contribution in [3.63, 3.8) is 0 Å². The van der Waals surface area contributed by atoms with Crippen LogP contribution in [0.3, 0.4) is 0 Å². The summed E-state index contributed by atoms with van der Waals surface area (Å²) >= 11 is 0.